The molecule has 0 radical (unpaired) electrons. The molecule has 0 saturated carbocycles. The Morgan fingerprint density at radius 3 is 1.97 bits per heavy atom. The van der Waals surface area contributed by atoms with Crippen molar-refractivity contribution in [1.29, 1.82) is 0 Å². The topological polar surface area (TPSA) is 87.7 Å². The van der Waals surface area contributed by atoms with E-state index in [1.165, 1.54) is 0 Å². The van der Waals surface area contributed by atoms with E-state index in [4.69, 9.17) is 9.84 Å². The summed E-state index contributed by atoms with van der Waals surface area (Å²) in [5.41, 5.74) is 4.83. The molecule has 1 amide bonds. The van der Waals surface area contributed by atoms with Gasteiger partial charge in [-0.15, -0.1) is 0 Å². The van der Waals surface area contributed by atoms with Crippen molar-refractivity contribution >= 4 is 17.7 Å². The smallest absolute Gasteiger partial charge is 0.411 e. The number of ether oxygens (including phenoxy) is 1. The second kappa shape index (κ2) is 13.0. The molecule has 1 heterocycles. The zero-order valence-corrected chi connectivity index (χ0v) is 20.5. The van der Waals surface area contributed by atoms with Crippen molar-refractivity contribution in [1.82, 2.24) is 5.32 Å². The monoisotopic (exact) mass is 494 g/mol. The highest BCUT2D eigenvalue weighted by atomic mass is 16.5. The molecular weight excluding hydrogens is 464 g/mol. The molecule has 0 aromatic heterocycles. The molecule has 1 saturated heterocycles. The van der Waals surface area contributed by atoms with Gasteiger partial charge >= 0.3 is 12.1 Å². The second-order valence-electron chi connectivity index (χ2n) is 8.65. The SMILES string of the molecule is O=C(Nc1ccccc1-c1ccccc1)OC[C@H]1CCCN1.O=C(O)c1ccccc1-c1ccccc1. The standard InChI is InChI=1S/C18H20N2O2.C13H10O2/c21-18(22-13-15-9-6-12-19-15)20-17-11-5-4-10-16(17)14-7-2-1-3-8-14;14-13(15)12-9-5-4-8-11(12)10-6-2-1-3-7-10/h1-5,7-8,10-11,15,19H,6,9,12-13H2,(H,20,21);1-9H,(H,14,15)/t15-;/m1./s1. The van der Waals surface area contributed by atoms with Gasteiger partial charge in [-0.1, -0.05) is 97.1 Å². The van der Waals surface area contributed by atoms with E-state index in [9.17, 15) is 9.59 Å². The number of aromatic carboxylic acids is 1. The van der Waals surface area contributed by atoms with Crippen molar-refractivity contribution in [3.8, 4) is 22.3 Å². The van der Waals surface area contributed by atoms with Gasteiger partial charge in [-0.25, -0.2) is 9.59 Å². The molecular formula is C31H30N2O4. The highest BCUT2D eigenvalue weighted by Gasteiger charge is 2.16. The number of benzene rings is 4. The number of nitrogens with one attached hydrogen (secondary N) is 2. The maximum absolute atomic E-state index is 12.0. The maximum atomic E-state index is 12.0. The molecule has 4 aromatic rings. The molecule has 188 valence electrons. The lowest BCUT2D eigenvalue weighted by atomic mass is 10.00. The highest BCUT2D eigenvalue weighted by Crippen LogP contribution is 2.27. The van der Waals surface area contributed by atoms with Crippen molar-refractivity contribution in [3.05, 3.63) is 115 Å². The van der Waals surface area contributed by atoms with E-state index >= 15 is 0 Å². The first-order valence-corrected chi connectivity index (χ1v) is 12.3. The predicted octanol–water partition coefficient (Wildman–Crippen LogP) is 6.71. The van der Waals surface area contributed by atoms with Crippen LogP contribution in [0.3, 0.4) is 0 Å². The summed E-state index contributed by atoms with van der Waals surface area (Å²) in [6.07, 6.45) is 1.80. The summed E-state index contributed by atoms with van der Waals surface area (Å²) in [6, 6.07) is 34.5. The average Bonchev–Trinajstić information content (AvgIpc) is 3.47. The van der Waals surface area contributed by atoms with Crippen LogP contribution in [0, 0.1) is 0 Å². The first kappa shape index (κ1) is 25.7. The fourth-order valence-corrected chi connectivity index (χ4v) is 4.22. The fourth-order valence-electron chi connectivity index (χ4n) is 4.22. The van der Waals surface area contributed by atoms with Crippen LogP contribution < -0.4 is 10.6 Å². The number of hydrogen-bond acceptors (Lipinski definition) is 4. The van der Waals surface area contributed by atoms with Gasteiger partial charge < -0.3 is 15.2 Å². The molecule has 6 heteroatoms. The van der Waals surface area contributed by atoms with Gasteiger partial charge in [0, 0.05) is 11.6 Å². The van der Waals surface area contributed by atoms with Gasteiger partial charge in [0.1, 0.15) is 6.61 Å². The molecule has 0 aliphatic carbocycles. The molecule has 1 atom stereocenters. The van der Waals surface area contributed by atoms with E-state index in [1.807, 2.05) is 97.1 Å². The maximum Gasteiger partial charge on any atom is 0.411 e. The van der Waals surface area contributed by atoms with Crippen molar-refractivity contribution in [2.45, 2.75) is 18.9 Å². The van der Waals surface area contributed by atoms with E-state index < -0.39 is 12.1 Å². The minimum atomic E-state index is -0.894. The van der Waals surface area contributed by atoms with Crippen LogP contribution in [0.5, 0.6) is 0 Å². The highest BCUT2D eigenvalue weighted by molar-refractivity contribution is 5.96. The summed E-state index contributed by atoms with van der Waals surface area (Å²) in [7, 11) is 0. The van der Waals surface area contributed by atoms with Crippen molar-refractivity contribution < 1.29 is 19.4 Å². The molecule has 1 fully saturated rings. The summed E-state index contributed by atoms with van der Waals surface area (Å²) < 4.78 is 5.31. The Bertz CT molecular complexity index is 1300. The Morgan fingerprint density at radius 2 is 1.35 bits per heavy atom. The van der Waals surface area contributed by atoms with Crippen molar-refractivity contribution in [2.75, 3.05) is 18.5 Å². The van der Waals surface area contributed by atoms with Gasteiger partial charge in [-0.2, -0.15) is 0 Å². The molecule has 6 nitrogen and oxygen atoms in total. The molecule has 0 bridgehead atoms. The summed E-state index contributed by atoms with van der Waals surface area (Å²) in [6.45, 7) is 1.42. The summed E-state index contributed by atoms with van der Waals surface area (Å²) in [5.74, 6) is -0.894. The number of rotatable bonds is 6. The number of hydrogen-bond donors (Lipinski definition) is 3. The number of carbonyl (C=O) groups is 2. The number of amides is 1. The Morgan fingerprint density at radius 1 is 0.784 bits per heavy atom. The third kappa shape index (κ3) is 7.29. The van der Waals surface area contributed by atoms with Crippen molar-refractivity contribution in [2.24, 2.45) is 0 Å². The van der Waals surface area contributed by atoms with E-state index in [0.29, 0.717) is 12.2 Å². The van der Waals surface area contributed by atoms with Gasteiger partial charge in [-0.05, 0) is 48.2 Å². The lowest BCUT2D eigenvalue weighted by Crippen LogP contribution is -2.29. The van der Waals surface area contributed by atoms with Gasteiger partial charge in [0.2, 0.25) is 0 Å². The molecule has 1 aliphatic heterocycles. The predicted molar refractivity (Wildman–Crippen MR) is 147 cm³/mol. The quantitative estimate of drug-likeness (QED) is 0.277. The van der Waals surface area contributed by atoms with Gasteiger partial charge in [-0.3, -0.25) is 5.32 Å². The van der Waals surface area contributed by atoms with Crippen LogP contribution in [0.15, 0.2) is 109 Å². The molecule has 0 unspecified atom stereocenters. The molecule has 37 heavy (non-hydrogen) atoms. The lowest BCUT2D eigenvalue weighted by Gasteiger charge is -2.14. The minimum absolute atomic E-state index is 0.287. The summed E-state index contributed by atoms with van der Waals surface area (Å²) in [5, 5.41) is 15.2. The van der Waals surface area contributed by atoms with Crippen LogP contribution in [-0.2, 0) is 4.74 Å². The molecule has 4 aromatic carbocycles. The van der Waals surface area contributed by atoms with Crippen LogP contribution in [0.2, 0.25) is 0 Å². The van der Waals surface area contributed by atoms with Crippen LogP contribution in [0.4, 0.5) is 10.5 Å². The Hall–Kier alpha value is -4.42. The number of anilines is 1. The van der Waals surface area contributed by atoms with Crippen molar-refractivity contribution in [3.63, 3.8) is 0 Å². The Labute approximate surface area is 216 Å². The fraction of sp³-hybridized carbons (Fsp3) is 0.161. The van der Waals surface area contributed by atoms with Crippen LogP contribution in [-0.4, -0.2) is 36.4 Å². The first-order chi connectivity index (χ1) is 18.1. The van der Waals surface area contributed by atoms with E-state index in [-0.39, 0.29) is 6.04 Å². The second-order valence-corrected chi connectivity index (χ2v) is 8.65. The van der Waals surface area contributed by atoms with Crippen LogP contribution in [0.25, 0.3) is 22.3 Å². The zero-order valence-electron chi connectivity index (χ0n) is 20.5. The van der Waals surface area contributed by atoms with Gasteiger partial charge in [0.05, 0.1) is 11.3 Å². The molecule has 5 rings (SSSR count). The first-order valence-electron chi connectivity index (χ1n) is 12.3. The van der Waals surface area contributed by atoms with Crippen LogP contribution in [0.1, 0.15) is 23.2 Å². The average molecular weight is 495 g/mol. The minimum Gasteiger partial charge on any atom is -0.478 e. The molecule has 0 spiro atoms. The van der Waals surface area contributed by atoms with E-state index in [2.05, 4.69) is 10.6 Å². The van der Waals surface area contributed by atoms with Gasteiger partial charge in [0.25, 0.3) is 0 Å². The molecule has 3 N–H and O–H groups in total. The number of carboxylic acid groups (broad SMARTS) is 1. The number of carboxylic acids is 1. The van der Waals surface area contributed by atoms with E-state index in [0.717, 1.165) is 47.3 Å². The normalized spacial score (nSPS) is 14.2. The largest absolute Gasteiger partial charge is 0.478 e. The zero-order chi connectivity index (χ0) is 25.9. The third-order valence-corrected chi connectivity index (χ3v) is 6.07. The third-order valence-electron chi connectivity index (χ3n) is 6.07. The number of carbonyl (C=O) groups excluding carboxylic acids is 1. The summed E-state index contributed by atoms with van der Waals surface area (Å²) in [4.78, 5) is 23.0. The summed E-state index contributed by atoms with van der Waals surface area (Å²) >= 11 is 0. The number of para-hydroxylation sites is 1. The van der Waals surface area contributed by atoms with Crippen LogP contribution >= 0.6 is 0 Å². The van der Waals surface area contributed by atoms with E-state index in [1.54, 1.807) is 12.1 Å². The lowest BCUT2D eigenvalue weighted by molar-refractivity contribution is 0.0697. The van der Waals surface area contributed by atoms with Gasteiger partial charge in [0.15, 0.2) is 0 Å². The molecule has 1 aliphatic rings. The Balaban J connectivity index is 0.000000186. The Kier molecular flexibility index (Phi) is 9.05.